The Morgan fingerprint density at radius 1 is 0.848 bits per heavy atom. The third-order valence-corrected chi connectivity index (χ3v) is 6.13. The number of imide groups is 1. The number of amides is 3. The summed E-state index contributed by atoms with van der Waals surface area (Å²) in [6.07, 6.45) is 0. The first kappa shape index (κ1) is 23.3. The van der Waals surface area contributed by atoms with Crippen LogP contribution in [0.5, 0.6) is 0 Å². The molecule has 3 aromatic rings. The lowest BCUT2D eigenvalue weighted by molar-refractivity contribution is -0.120. The maximum Gasteiger partial charge on any atom is 0.283 e. The number of carbonyl (C=O) groups excluding carboxylic acids is 3. The lowest BCUT2D eigenvalue weighted by Crippen LogP contribution is -2.32. The predicted octanol–water partition coefficient (Wildman–Crippen LogP) is 6.44. The molecule has 166 valence electrons. The Morgan fingerprint density at radius 2 is 1.55 bits per heavy atom. The zero-order chi connectivity index (χ0) is 23.7. The van der Waals surface area contributed by atoms with E-state index in [0.717, 1.165) is 9.37 Å². The number of anilines is 3. The summed E-state index contributed by atoms with van der Waals surface area (Å²) in [5, 5.41) is 5.89. The van der Waals surface area contributed by atoms with Gasteiger partial charge in [0.2, 0.25) is 0 Å². The molecule has 10 heteroatoms. The van der Waals surface area contributed by atoms with Crippen molar-refractivity contribution in [3.8, 4) is 0 Å². The van der Waals surface area contributed by atoms with Gasteiger partial charge in [0.05, 0.1) is 11.4 Å². The average molecular weight is 566 g/mol. The number of nitrogens with zero attached hydrogens (tertiary/aromatic N) is 1. The van der Waals surface area contributed by atoms with Crippen molar-refractivity contribution in [3.05, 3.63) is 97.5 Å². The molecule has 4 rings (SSSR count). The zero-order valence-corrected chi connectivity index (χ0v) is 20.4. The molecule has 33 heavy (non-hydrogen) atoms. The van der Waals surface area contributed by atoms with E-state index in [1.807, 2.05) is 12.1 Å². The molecule has 0 saturated carbocycles. The van der Waals surface area contributed by atoms with Gasteiger partial charge in [0.15, 0.2) is 0 Å². The fourth-order valence-corrected chi connectivity index (χ4v) is 4.26. The first-order valence-electron chi connectivity index (χ1n) is 9.42. The average Bonchev–Trinajstić information content (AvgIpc) is 2.98. The van der Waals surface area contributed by atoms with Crippen LogP contribution in [0.2, 0.25) is 10.0 Å². The topological polar surface area (TPSA) is 78.5 Å². The lowest BCUT2D eigenvalue weighted by atomic mass is 10.1. The van der Waals surface area contributed by atoms with Gasteiger partial charge in [-0.3, -0.25) is 14.4 Å². The van der Waals surface area contributed by atoms with Crippen LogP contribution in [0.15, 0.2) is 81.9 Å². The van der Waals surface area contributed by atoms with Gasteiger partial charge >= 0.3 is 0 Å². The van der Waals surface area contributed by atoms with Crippen LogP contribution in [0.3, 0.4) is 0 Å². The fourth-order valence-electron chi connectivity index (χ4n) is 3.15. The quantitative estimate of drug-likeness (QED) is 0.349. The van der Waals surface area contributed by atoms with Gasteiger partial charge in [0.1, 0.15) is 10.7 Å². The van der Waals surface area contributed by atoms with E-state index in [2.05, 4.69) is 26.6 Å². The van der Waals surface area contributed by atoms with Crippen LogP contribution in [0.4, 0.5) is 17.1 Å². The Kier molecular flexibility index (Phi) is 6.76. The van der Waals surface area contributed by atoms with E-state index in [4.69, 9.17) is 34.8 Å². The Hall–Kier alpha value is -2.84. The van der Waals surface area contributed by atoms with E-state index < -0.39 is 11.8 Å². The Labute approximate surface area is 212 Å². The highest BCUT2D eigenvalue weighted by atomic mass is 79.9. The maximum absolute atomic E-state index is 13.0. The van der Waals surface area contributed by atoms with Crippen molar-refractivity contribution in [2.75, 3.05) is 15.5 Å². The minimum atomic E-state index is -0.717. The summed E-state index contributed by atoms with van der Waals surface area (Å²) in [6, 6.07) is 18.0. The molecule has 1 aliphatic rings. The summed E-state index contributed by atoms with van der Waals surface area (Å²) >= 11 is 21.6. The summed E-state index contributed by atoms with van der Waals surface area (Å²) in [4.78, 5) is 39.2. The van der Waals surface area contributed by atoms with Gasteiger partial charge in [-0.2, -0.15) is 0 Å². The number of nitrogens with one attached hydrogen (secondary N) is 2. The molecule has 0 fully saturated rings. The molecular weight excluding hydrogens is 553 g/mol. The summed E-state index contributed by atoms with van der Waals surface area (Å²) in [7, 11) is 0. The van der Waals surface area contributed by atoms with Crippen LogP contribution in [-0.4, -0.2) is 17.7 Å². The Balaban J connectivity index is 1.56. The molecule has 1 aliphatic heterocycles. The summed E-state index contributed by atoms with van der Waals surface area (Å²) in [5.41, 5.74) is 1.41. The first-order chi connectivity index (χ1) is 15.7. The molecule has 0 saturated heterocycles. The minimum Gasteiger partial charge on any atom is -0.350 e. The molecule has 6 nitrogen and oxygen atoms in total. The fraction of sp³-hybridized carbons (Fsp3) is 0. The van der Waals surface area contributed by atoms with Crippen molar-refractivity contribution in [1.29, 1.82) is 0 Å². The molecule has 0 aliphatic carbocycles. The van der Waals surface area contributed by atoms with E-state index in [1.54, 1.807) is 36.4 Å². The number of halogens is 4. The van der Waals surface area contributed by atoms with E-state index in [9.17, 15) is 14.4 Å². The third kappa shape index (κ3) is 4.91. The Morgan fingerprint density at radius 3 is 2.24 bits per heavy atom. The summed E-state index contributed by atoms with van der Waals surface area (Å²) < 4.78 is 0.737. The maximum atomic E-state index is 13.0. The van der Waals surface area contributed by atoms with Crippen molar-refractivity contribution >= 4 is 85.5 Å². The molecule has 2 N–H and O–H groups in total. The highest BCUT2D eigenvalue weighted by Crippen LogP contribution is 2.33. The van der Waals surface area contributed by atoms with Gasteiger partial charge < -0.3 is 10.6 Å². The molecule has 0 atom stereocenters. The normalized spacial score (nSPS) is 13.5. The van der Waals surface area contributed by atoms with Gasteiger partial charge in [-0.25, -0.2) is 4.90 Å². The van der Waals surface area contributed by atoms with Gasteiger partial charge in [-0.05, 0) is 64.5 Å². The van der Waals surface area contributed by atoms with Crippen molar-refractivity contribution in [2.24, 2.45) is 0 Å². The number of rotatable bonds is 5. The van der Waals surface area contributed by atoms with E-state index in [0.29, 0.717) is 16.9 Å². The van der Waals surface area contributed by atoms with E-state index >= 15 is 0 Å². The zero-order valence-electron chi connectivity index (χ0n) is 16.5. The standard InChI is InChI=1S/C23H13BrCl3N3O3/c24-17-6-1-2-7-18(17)29-21(31)12-4-3-5-15(8-12)28-20-19(27)22(32)30(23(20)33)16-10-13(25)9-14(26)11-16/h1-11,28H,(H,29,31). The highest BCUT2D eigenvalue weighted by Gasteiger charge is 2.39. The molecule has 3 aromatic carbocycles. The number of benzene rings is 3. The Bertz CT molecular complexity index is 1320. The van der Waals surface area contributed by atoms with Crippen LogP contribution in [0.1, 0.15) is 10.4 Å². The first-order valence-corrected chi connectivity index (χ1v) is 11.3. The number of hydrogen-bond acceptors (Lipinski definition) is 4. The monoisotopic (exact) mass is 563 g/mol. The van der Waals surface area contributed by atoms with Crippen LogP contribution in [0, 0.1) is 0 Å². The van der Waals surface area contributed by atoms with Gasteiger partial charge in [-0.15, -0.1) is 0 Å². The second kappa shape index (κ2) is 9.57. The number of carbonyl (C=O) groups is 3. The minimum absolute atomic E-state index is 0.124. The molecule has 0 unspecified atom stereocenters. The summed E-state index contributed by atoms with van der Waals surface area (Å²) in [6.45, 7) is 0. The number of hydrogen-bond donors (Lipinski definition) is 2. The molecule has 0 radical (unpaired) electrons. The van der Waals surface area contributed by atoms with E-state index in [-0.39, 0.29) is 32.4 Å². The van der Waals surface area contributed by atoms with Gasteiger partial charge in [0.25, 0.3) is 17.7 Å². The lowest BCUT2D eigenvalue weighted by Gasteiger charge is -2.16. The molecule has 0 bridgehead atoms. The number of para-hydroxylation sites is 1. The smallest absolute Gasteiger partial charge is 0.283 e. The van der Waals surface area contributed by atoms with Crippen LogP contribution < -0.4 is 15.5 Å². The highest BCUT2D eigenvalue weighted by molar-refractivity contribution is 9.10. The predicted molar refractivity (Wildman–Crippen MR) is 134 cm³/mol. The van der Waals surface area contributed by atoms with Crippen molar-refractivity contribution < 1.29 is 14.4 Å². The largest absolute Gasteiger partial charge is 0.350 e. The molecule has 3 amide bonds. The van der Waals surface area contributed by atoms with Crippen molar-refractivity contribution in [2.45, 2.75) is 0 Å². The molecule has 1 heterocycles. The van der Waals surface area contributed by atoms with Crippen molar-refractivity contribution in [1.82, 2.24) is 0 Å². The van der Waals surface area contributed by atoms with Crippen molar-refractivity contribution in [3.63, 3.8) is 0 Å². The van der Waals surface area contributed by atoms with Gasteiger partial charge in [0, 0.05) is 25.8 Å². The third-order valence-electron chi connectivity index (χ3n) is 4.65. The van der Waals surface area contributed by atoms with Crippen LogP contribution in [-0.2, 0) is 9.59 Å². The summed E-state index contributed by atoms with van der Waals surface area (Å²) in [5.74, 6) is -1.74. The second-order valence-corrected chi connectivity index (χ2v) is 9.01. The van der Waals surface area contributed by atoms with Crippen LogP contribution in [0.25, 0.3) is 0 Å². The SMILES string of the molecule is O=C(Nc1ccccc1Br)c1cccc(NC2=C(Cl)C(=O)N(c3cc(Cl)cc(Cl)c3)C2=O)c1. The van der Waals surface area contributed by atoms with Crippen LogP contribution >= 0.6 is 50.7 Å². The van der Waals surface area contributed by atoms with E-state index in [1.165, 1.54) is 18.2 Å². The molecular formula is C23H13BrCl3N3O3. The molecule has 0 spiro atoms. The van der Waals surface area contributed by atoms with Gasteiger partial charge in [-0.1, -0.05) is 53.0 Å². The second-order valence-electron chi connectivity index (χ2n) is 6.90. The molecule has 0 aromatic heterocycles.